The lowest BCUT2D eigenvalue weighted by molar-refractivity contribution is -0.118. The van der Waals surface area contributed by atoms with Crippen molar-refractivity contribution in [3.63, 3.8) is 0 Å². The van der Waals surface area contributed by atoms with Gasteiger partial charge in [-0.1, -0.05) is 12.1 Å². The maximum Gasteiger partial charge on any atom is 0.138 e. The Morgan fingerprint density at radius 2 is 2.22 bits per heavy atom. The number of rotatable bonds is 6. The summed E-state index contributed by atoms with van der Waals surface area (Å²) >= 11 is 0. The fourth-order valence-corrected chi connectivity index (χ4v) is 2.14. The Balaban J connectivity index is 2.04. The molecule has 1 atom stereocenters. The molecule has 1 aromatic carbocycles. The number of hydrogen-bond acceptors (Lipinski definition) is 2. The van der Waals surface area contributed by atoms with Crippen LogP contribution in [0.15, 0.2) is 18.2 Å². The standard InChI is InChI=1S/C15H20FNO/c1-10-3-6-13(15(16)7-10)14(11(2)18)9-17-8-12-4-5-12/h3,6-7,12,14,17H,4-5,8-9H2,1-2H3/t14-/m0/s1. The molecule has 0 aromatic heterocycles. The lowest BCUT2D eigenvalue weighted by Gasteiger charge is -2.16. The summed E-state index contributed by atoms with van der Waals surface area (Å²) in [5.74, 6) is 0.134. The molecule has 1 aliphatic carbocycles. The van der Waals surface area contributed by atoms with Crippen molar-refractivity contribution in [2.24, 2.45) is 5.92 Å². The number of carbonyl (C=O) groups is 1. The monoisotopic (exact) mass is 249 g/mol. The molecule has 0 bridgehead atoms. The second kappa shape index (κ2) is 5.61. The predicted molar refractivity (Wildman–Crippen MR) is 70.2 cm³/mol. The van der Waals surface area contributed by atoms with Crippen LogP contribution in [0.3, 0.4) is 0 Å². The van der Waals surface area contributed by atoms with Gasteiger partial charge < -0.3 is 5.32 Å². The second-order valence-corrected chi connectivity index (χ2v) is 5.29. The van der Waals surface area contributed by atoms with Gasteiger partial charge in [-0.15, -0.1) is 0 Å². The molecule has 1 aliphatic rings. The van der Waals surface area contributed by atoms with Gasteiger partial charge in [0.1, 0.15) is 11.6 Å². The predicted octanol–water partition coefficient (Wildman–Crippen LogP) is 2.81. The molecule has 3 heteroatoms. The first-order valence-electron chi connectivity index (χ1n) is 6.55. The van der Waals surface area contributed by atoms with E-state index in [0.717, 1.165) is 18.0 Å². The molecule has 0 amide bonds. The Bertz CT molecular complexity index is 440. The number of Topliss-reactive ketones (excluding diaryl/α,β-unsaturated/α-hetero) is 1. The lowest BCUT2D eigenvalue weighted by atomic mass is 9.94. The van der Waals surface area contributed by atoms with Gasteiger partial charge in [-0.3, -0.25) is 4.79 Å². The summed E-state index contributed by atoms with van der Waals surface area (Å²) in [7, 11) is 0. The van der Waals surface area contributed by atoms with Gasteiger partial charge >= 0.3 is 0 Å². The zero-order valence-corrected chi connectivity index (χ0v) is 11.0. The van der Waals surface area contributed by atoms with E-state index >= 15 is 0 Å². The van der Waals surface area contributed by atoms with E-state index in [1.54, 1.807) is 6.07 Å². The van der Waals surface area contributed by atoms with Crippen LogP contribution in [0, 0.1) is 18.7 Å². The number of aryl methyl sites for hydroxylation is 1. The molecular formula is C15H20FNO. The number of carbonyl (C=O) groups excluding carboxylic acids is 1. The molecule has 1 aromatic rings. The highest BCUT2D eigenvalue weighted by molar-refractivity contribution is 5.83. The van der Waals surface area contributed by atoms with Crippen molar-refractivity contribution in [3.05, 3.63) is 35.1 Å². The summed E-state index contributed by atoms with van der Waals surface area (Å²) in [5, 5.41) is 3.28. The van der Waals surface area contributed by atoms with Crippen LogP contribution >= 0.6 is 0 Å². The van der Waals surface area contributed by atoms with Crippen LogP contribution in [0.2, 0.25) is 0 Å². The molecule has 1 saturated carbocycles. The topological polar surface area (TPSA) is 29.1 Å². The van der Waals surface area contributed by atoms with E-state index in [1.165, 1.54) is 25.8 Å². The lowest BCUT2D eigenvalue weighted by Crippen LogP contribution is -2.28. The molecule has 98 valence electrons. The fraction of sp³-hybridized carbons (Fsp3) is 0.533. The minimum atomic E-state index is -0.371. The first kappa shape index (κ1) is 13.2. The minimum Gasteiger partial charge on any atom is -0.315 e. The van der Waals surface area contributed by atoms with E-state index in [-0.39, 0.29) is 17.5 Å². The fourth-order valence-electron chi connectivity index (χ4n) is 2.14. The highest BCUT2D eigenvalue weighted by atomic mass is 19.1. The molecule has 0 unspecified atom stereocenters. The van der Waals surface area contributed by atoms with E-state index in [4.69, 9.17) is 0 Å². The van der Waals surface area contributed by atoms with Gasteiger partial charge in [0.15, 0.2) is 0 Å². The van der Waals surface area contributed by atoms with Gasteiger partial charge in [0.05, 0.1) is 5.92 Å². The maximum atomic E-state index is 13.9. The number of benzene rings is 1. The van der Waals surface area contributed by atoms with Gasteiger partial charge in [0, 0.05) is 6.54 Å². The van der Waals surface area contributed by atoms with Crippen molar-refractivity contribution in [1.29, 1.82) is 0 Å². The zero-order valence-electron chi connectivity index (χ0n) is 11.0. The van der Waals surface area contributed by atoms with Gasteiger partial charge in [-0.25, -0.2) is 4.39 Å². The summed E-state index contributed by atoms with van der Waals surface area (Å²) in [4.78, 5) is 11.7. The smallest absolute Gasteiger partial charge is 0.138 e. The SMILES string of the molecule is CC(=O)[C@H](CNCC1CC1)c1ccc(C)cc1F. The van der Waals surface area contributed by atoms with Crippen molar-refractivity contribution in [2.45, 2.75) is 32.6 Å². The Hall–Kier alpha value is -1.22. The number of halogens is 1. The van der Waals surface area contributed by atoms with E-state index in [1.807, 2.05) is 13.0 Å². The van der Waals surface area contributed by atoms with Crippen molar-refractivity contribution in [2.75, 3.05) is 13.1 Å². The first-order chi connectivity index (χ1) is 8.58. The molecule has 18 heavy (non-hydrogen) atoms. The molecule has 1 fully saturated rings. The third-order valence-corrected chi connectivity index (χ3v) is 3.50. The van der Waals surface area contributed by atoms with Gasteiger partial charge in [0.25, 0.3) is 0 Å². The number of hydrogen-bond donors (Lipinski definition) is 1. The van der Waals surface area contributed by atoms with E-state index in [9.17, 15) is 9.18 Å². The minimum absolute atomic E-state index is 0.0149. The molecule has 1 N–H and O–H groups in total. The van der Waals surface area contributed by atoms with Crippen LogP contribution < -0.4 is 5.32 Å². The van der Waals surface area contributed by atoms with Crippen LogP contribution in [-0.2, 0) is 4.79 Å². The second-order valence-electron chi connectivity index (χ2n) is 5.29. The molecule has 0 aliphatic heterocycles. The van der Waals surface area contributed by atoms with Crippen molar-refractivity contribution in [3.8, 4) is 0 Å². The molecule has 0 spiro atoms. The quantitative estimate of drug-likeness (QED) is 0.840. The number of ketones is 1. The molecular weight excluding hydrogens is 229 g/mol. The van der Waals surface area contributed by atoms with Crippen LogP contribution in [0.1, 0.15) is 36.8 Å². The average molecular weight is 249 g/mol. The summed E-state index contributed by atoms with van der Waals surface area (Å²) in [6.07, 6.45) is 2.55. The highest BCUT2D eigenvalue weighted by Crippen LogP contribution is 2.28. The summed E-state index contributed by atoms with van der Waals surface area (Å²) < 4.78 is 13.9. The summed E-state index contributed by atoms with van der Waals surface area (Å²) in [5.41, 5.74) is 1.39. The Labute approximate surface area is 108 Å². The van der Waals surface area contributed by atoms with Gasteiger partial charge in [-0.05, 0) is 56.3 Å². The third kappa shape index (κ3) is 3.39. The van der Waals surface area contributed by atoms with Crippen LogP contribution in [-0.4, -0.2) is 18.9 Å². The molecule has 2 rings (SSSR count). The van der Waals surface area contributed by atoms with Crippen LogP contribution in [0.5, 0.6) is 0 Å². The van der Waals surface area contributed by atoms with Crippen molar-refractivity contribution >= 4 is 5.78 Å². The first-order valence-corrected chi connectivity index (χ1v) is 6.55. The normalized spacial score (nSPS) is 16.6. The van der Waals surface area contributed by atoms with Gasteiger partial charge in [-0.2, -0.15) is 0 Å². The van der Waals surface area contributed by atoms with E-state index in [2.05, 4.69) is 5.32 Å². The van der Waals surface area contributed by atoms with E-state index in [0.29, 0.717) is 12.1 Å². The Morgan fingerprint density at radius 1 is 1.50 bits per heavy atom. The maximum absolute atomic E-state index is 13.9. The number of nitrogens with one attached hydrogen (secondary N) is 1. The van der Waals surface area contributed by atoms with Crippen LogP contribution in [0.4, 0.5) is 4.39 Å². The highest BCUT2D eigenvalue weighted by Gasteiger charge is 2.23. The Morgan fingerprint density at radius 3 is 2.78 bits per heavy atom. The molecule has 0 heterocycles. The van der Waals surface area contributed by atoms with E-state index < -0.39 is 0 Å². The van der Waals surface area contributed by atoms with Gasteiger partial charge in [0.2, 0.25) is 0 Å². The Kier molecular flexibility index (Phi) is 4.12. The molecule has 2 nitrogen and oxygen atoms in total. The third-order valence-electron chi connectivity index (χ3n) is 3.50. The van der Waals surface area contributed by atoms with Crippen LogP contribution in [0.25, 0.3) is 0 Å². The summed E-state index contributed by atoms with van der Waals surface area (Å²) in [6, 6.07) is 5.08. The molecule has 0 radical (unpaired) electrons. The van der Waals surface area contributed by atoms with Crippen molar-refractivity contribution < 1.29 is 9.18 Å². The van der Waals surface area contributed by atoms with Crippen molar-refractivity contribution in [1.82, 2.24) is 5.32 Å². The largest absolute Gasteiger partial charge is 0.315 e. The summed E-state index contributed by atoms with van der Waals surface area (Å²) in [6.45, 7) is 4.85. The zero-order chi connectivity index (χ0) is 13.1. The average Bonchev–Trinajstić information content (AvgIpc) is 3.09. The molecule has 0 saturated heterocycles.